The van der Waals surface area contributed by atoms with Crippen molar-refractivity contribution in [3.05, 3.63) is 78.1 Å². The number of nitrogens with zero attached hydrogens (tertiary/aromatic N) is 1. The Morgan fingerprint density at radius 3 is 2.58 bits per heavy atom. The summed E-state index contributed by atoms with van der Waals surface area (Å²) in [5.41, 5.74) is 2.70. The Kier molecular flexibility index (Phi) is 3.28. The van der Waals surface area contributed by atoms with Gasteiger partial charge in [-0.05, 0) is 23.9 Å². The maximum absolute atomic E-state index is 2.27. The van der Waals surface area contributed by atoms with E-state index in [4.69, 9.17) is 0 Å². The van der Waals surface area contributed by atoms with Gasteiger partial charge in [0.2, 0.25) is 0 Å². The number of aryl methyl sites for hydroxylation is 3. The fourth-order valence-corrected chi connectivity index (χ4v) is 2.40. The quantitative estimate of drug-likeness (QED) is 0.623. The van der Waals surface area contributed by atoms with Crippen molar-refractivity contribution in [1.82, 2.24) is 0 Å². The molecule has 0 aliphatic heterocycles. The average Bonchev–Trinajstić information content (AvgIpc) is 2.46. The lowest BCUT2D eigenvalue weighted by molar-refractivity contribution is -0.695. The molecule has 19 heavy (non-hydrogen) atoms. The molecule has 1 aromatic heterocycles. The summed E-state index contributed by atoms with van der Waals surface area (Å²) in [5.74, 6) is 0. The maximum Gasteiger partial charge on any atom is 0.176 e. The molecule has 0 fully saturated rings. The third kappa shape index (κ3) is 2.82. The van der Waals surface area contributed by atoms with E-state index in [0.29, 0.717) is 0 Å². The van der Waals surface area contributed by atoms with Crippen LogP contribution < -0.4 is 4.57 Å². The van der Waals surface area contributed by atoms with E-state index in [0.717, 1.165) is 13.0 Å². The topological polar surface area (TPSA) is 3.88 Å². The number of pyridine rings is 1. The first-order chi connectivity index (χ1) is 9.31. The summed E-state index contributed by atoms with van der Waals surface area (Å²) in [4.78, 5) is 0. The molecule has 0 radical (unpaired) electrons. The molecule has 0 atom stereocenters. The highest BCUT2D eigenvalue weighted by Crippen LogP contribution is 2.13. The van der Waals surface area contributed by atoms with E-state index in [-0.39, 0.29) is 0 Å². The molecule has 0 aliphatic carbocycles. The van der Waals surface area contributed by atoms with Gasteiger partial charge in [0, 0.05) is 17.9 Å². The van der Waals surface area contributed by atoms with Crippen LogP contribution in [0.1, 0.15) is 11.1 Å². The molecule has 0 spiro atoms. The lowest BCUT2D eigenvalue weighted by Crippen LogP contribution is -2.33. The molecule has 1 heteroatoms. The minimum absolute atomic E-state index is 1.02. The zero-order chi connectivity index (χ0) is 13.1. The minimum Gasteiger partial charge on any atom is -0.204 e. The Hall–Kier alpha value is -2.15. The number of benzene rings is 2. The van der Waals surface area contributed by atoms with Crippen LogP contribution in [0.25, 0.3) is 10.8 Å². The number of aromatic nitrogens is 1. The summed E-state index contributed by atoms with van der Waals surface area (Å²) in [7, 11) is 0. The van der Waals surface area contributed by atoms with E-state index < -0.39 is 0 Å². The van der Waals surface area contributed by atoms with Crippen LogP contribution in [0, 0.1) is 6.92 Å². The van der Waals surface area contributed by atoms with Crippen molar-refractivity contribution < 1.29 is 4.57 Å². The highest BCUT2D eigenvalue weighted by Gasteiger charge is 2.03. The van der Waals surface area contributed by atoms with Crippen LogP contribution in [-0.2, 0) is 13.0 Å². The number of hydrogen-bond acceptors (Lipinski definition) is 0. The molecular weight excluding hydrogens is 230 g/mol. The van der Waals surface area contributed by atoms with Crippen molar-refractivity contribution in [3.8, 4) is 0 Å². The molecule has 0 saturated carbocycles. The third-order valence-electron chi connectivity index (χ3n) is 3.49. The predicted molar refractivity (Wildman–Crippen MR) is 79.0 cm³/mol. The number of fused-ring (bicyclic) bond motifs is 1. The van der Waals surface area contributed by atoms with Crippen molar-refractivity contribution >= 4 is 10.8 Å². The van der Waals surface area contributed by atoms with Gasteiger partial charge in [0.25, 0.3) is 0 Å². The summed E-state index contributed by atoms with van der Waals surface area (Å²) in [6.45, 7) is 3.16. The third-order valence-corrected chi connectivity index (χ3v) is 3.49. The number of hydrogen-bond donors (Lipinski definition) is 0. The van der Waals surface area contributed by atoms with Gasteiger partial charge in [-0.15, -0.1) is 0 Å². The van der Waals surface area contributed by atoms with Crippen molar-refractivity contribution in [2.24, 2.45) is 0 Å². The van der Waals surface area contributed by atoms with Gasteiger partial charge in [0.15, 0.2) is 18.9 Å². The summed E-state index contributed by atoms with van der Waals surface area (Å²) < 4.78 is 2.27. The minimum atomic E-state index is 1.02. The normalized spacial score (nSPS) is 10.8. The zero-order valence-electron chi connectivity index (χ0n) is 11.2. The maximum atomic E-state index is 2.27. The molecule has 94 valence electrons. The largest absolute Gasteiger partial charge is 0.204 e. The Bertz CT molecular complexity index is 686. The molecule has 0 unspecified atom stereocenters. The van der Waals surface area contributed by atoms with Gasteiger partial charge in [0.05, 0.1) is 0 Å². The molecule has 0 bridgehead atoms. The average molecular weight is 248 g/mol. The van der Waals surface area contributed by atoms with Gasteiger partial charge in [-0.1, -0.05) is 48.0 Å². The van der Waals surface area contributed by atoms with Crippen LogP contribution in [0.15, 0.2) is 67.0 Å². The molecule has 0 N–H and O–H groups in total. The highest BCUT2D eigenvalue weighted by molar-refractivity contribution is 5.81. The molecule has 2 aromatic carbocycles. The second-order valence-electron chi connectivity index (χ2n) is 5.05. The molecule has 3 rings (SSSR count). The molecule has 0 amide bonds. The van der Waals surface area contributed by atoms with Crippen LogP contribution in [0.5, 0.6) is 0 Å². The van der Waals surface area contributed by atoms with Crippen LogP contribution in [0.4, 0.5) is 0 Å². The SMILES string of the molecule is Cc1ccc2c[n+](CCc3ccccc3)ccc2c1. The van der Waals surface area contributed by atoms with Crippen molar-refractivity contribution in [2.75, 3.05) is 0 Å². The molecule has 0 saturated heterocycles. The van der Waals surface area contributed by atoms with Gasteiger partial charge in [0.1, 0.15) is 0 Å². The van der Waals surface area contributed by atoms with E-state index in [1.165, 1.54) is 21.9 Å². The van der Waals surface area contributed by atoms with Crippen molar-refractivity contribution in [3.63, 3.8) is 0 Å². The predicted octanol–water partition coefficient (Wildman–Crippen LogP) is 3.68. The first-order valence-electron chi connectivity index (χ1n) is 6.75. The molecule has 1 heterocycles. The first kappa shape index (κ1) is 11.9. The zero-order valence-corrected chi connectivity index (χ0v) is 11.2. The Labute approximate surface area is 114 Å². The monoisotopic (exact) mass is 248 g/mol. The van der Waals surface area contributed by atoms with Gasteiger partial charge in [-0.25, -0.2) is 4.57 Å². The van der Waals surface area contributed by atoms with Gasteiger partial charge < -0.3 is 0 Å². The fraction of sp³-hybridized carbons (Fsp3) is 0.167. The summed E-state index contributed by atoms with van der Waals surface area (Å²) in [5, 5.41) is 2.62. The van der Waals surface area contributed by atoms with Crippen LogP contribution in [0.3, 0.4) is 0 Å². The smallest absolute Gasteiger partial charge is 0.176 e. The van der Waals surface area contributed by atoms with Gasteiger partial charge in [-0.3, -0.25) is 0 Å². The standard InChI is InChI=1S/C18H18N/c1-15-7-8-18-14-19(12-10-17(18)13-15)11-9-16-5-3-2-4-6-16/h2-8,10,12-14H,9,11H2,1H3/q+1. The Morgan fingerprint density at radius 1 is 0.895 bits per heavy atom. The molecule has 0 aliphatic rings. The Morgan fingerprint density at radius 2 is 1.74 bits per heavy atom. The van der Waals surface area contributed by atoms with E-state index in [2.05, 4.69) is 78.5 Å². The van der Waals surface area contributed by atoms with Gasteiger partial charge in [-0.2, -0.15) is 0 Å². The second-order valence-corrected chi connectivity index (χ2v) is 5.05. The molecular formula is C18H18N+. The van der Waals surface area contributed by atoms with Crippen molar-refractivity contribution in [1.29, 1.82) is 0 Å². The highest BCUT2D eigenvalue weighted by atomic mass is 14.9. The second kappa shape index (κ2) is 5.23. The lowest BCUT2D eigenvalue weighted by atomic mass is 10.1. The van der Waals surface area contributed by atoms with Crippen LogP contribution in [0.2, 0.25) is 0 Å². The number of rotatable bonds is 3. The summed E-state index contributed by atoms with van der Waals surface area (Å²) in [6.07, 6.45) is 5.48. The van der Waals surface area contributed by atoms with E-state index >= 15 is 0 Å². The van der Waals surface area contributed by atoms with E-state index in [9.17, 15) is 0 Å². The van der Waals surface area contributed by atoms with Gasteiger partial charge >= 0.3 is 0 Å². The summed E-state index contributed by atoms with van der Waals surface area (Å²) >= 11 is 0. The lowest BCUT2D eigenvalue weighted by Gasteiger charge is -2.01. The fourth-order valence-electron chi connectivity index (χ4n) is 2.40. The first-order valence-corrected chi connectivity index (χ1v) is 6.75. The Balaban J connectivity index is 1.80. The summed E-state index contributed by atoms with van der Waals surface area (Å²) in [6, 6.07) is 19.4. The van der Waals surface area contributed by atoms with Crippen LogP contribution >= 0.6 is 0 Å². The molecule has 3 aromatic rings. The van der Waals surface area contributed by atoms with E-state index in [1.54, 1.807) is 0 Å². The molecule has 1 nitrogen and oxygen atoms in total. The van der Waals surface area contributed by atoms with Crippen LogP contribution in [-0.4, -0.2) is 0 Å². The van der Waals surface area contributed by atoms with E-state index in [1.807, 2.05) is 0 Å². The van der Waals surface area contributed by atoms with Crippen molar-refractivity contribution in [2.45, 2.75) is 19.9 Å².